The van der Waals surface area contributed by atoms with E-state index in [1.165, 1.54) is 12.1 Å². The second-order valence-corrected chi connectivity index (χ2v) is 3.24. The molecule has 5 heteroatoms. The quantitative estimate of drug-likeness (QED) is 0.665. The molecule has 1 nitrogen and oxygen atoms in total. The van der Waals surface area contributed by atoms with Crippen molar-refractivity contribution in [3.63, 3.8) is 0 Å². The Kier molecular flexibility index (Phi) is 2.57. The third-order valence-electron chi connectivity index (χ3n) is 1.04. The normalized spacial score (nSPS) is 10.5. The van der Waals surface area contributed by atoms with Crippen LogP contribution in [-0.2, 0) is 0 Å². The summed E-state index contributed by atoms with van der Waals surface area (Å²) in [5.41, 5.74) is 0. The van der Waals surface area contributed by atoms with Crippen molar-refractivity contribution in [1.29, 1.82) is 0 Å². The molecule has 0 amide bonds. The van der Waals surface area contributed by atoms with Crippen molar-refractivity contribution in [3.05, 3.63) is 21.9 Å². The summed E-state index contributed by atoms with van der Waals surface area (Å²) >= 11 is 5.77. The van der Waals surface area contributed by atoms with Crippen LogP contribution in [0.15, 0.2) is 12.1 Å². The van der Waals surface area contributed by atoms with Crippen molar-refractivity contribution in [1.82, 2.24) is 0 Å². The average molecular weight is 197 g/mol. The van der Waals surface area contributed by atoms with Crippen molar-refractivity contribution < 1.29 is 13.6 Å². The minimum absolute atomic E-state index is 0.131. The first-order valence-corrected chi connectivity index (χ1v) is 3.88. The smallest absolute Gasteiger partial charge is 0.272 e. The minimum atomic E-state index is -2.52. The Morgan fingerprint density at radius 1 is 1.55 bits per heavy atom. The van der Waals surface area contributed by atoms with Gasteiger partial charge in [0.1, 0.15) is 0 Å². The highest BCUT2D eigenvalue weighted by atomic mass is 35.5. The standard InChI is InChI=1S/C6H3ClF2OS/c7-5(10)3-1-2-4(11-3)6(8)9/h1-2,6H. The molecule has 0 radical (unpaired) electrons. The summed E-state index contributed by atoms with van der Waals surface area (Å²) in [6.07, 6.45) is -2.52. The van der Waals surface area contributed by atoms with Crippen molar-refractivity contribution in [2.24, 2.45) is 0 Å². The monoisotopic (exact) mass is 196 g/mol. The zero-order valence-electron chi connectivity index (χ0n) is 5.18. The van der Waals surface area contributed by atoms with Gasteiger partial charge in [0, 0.05) is 0 Å². The molecule has 1 aromatic heterocycles. The molecule has 0 unspecified atom stereocenters. The van der Waals surface area contributed by atoms with E-state index in [-0.39, 0.29) is 9.75 Å². The Hall–Kier alpha value is -0.480. The minimum Gasteiger partial charge on any atom is -0.275 e. The van der Waals surface area contributed by atoms with Crippen LogP contribution in [-0.4, -0.2) is 5.24 Å². The molecular formula is C6H3ClF2OS. The summed E-state index contributed by atoms with van der Waals surface area (Å²) < 4.78 is 23.8. The van der Waals surface area contributed by atoms with Gasteiger partial charge in [-0.15, -0.1) is 11.3 Å². The van der Waals surface area contributed by atoms with Crippen LogP contribution in [0.4, 0.5) is 8.78 Å². The summed E-state index contributed by atoms with van der Waals surface area (Å²) in [5, 5.41) is -0.693. The van der Waals surface area contributed by atoms with Crippen LogP contribution in [0.1, 0.15) is 21.0 Å². The lowest BCUT2D eigenvalue weighted by atomic mass is 10.4. The van der Waals surface area contributed by atoms with Gasteiger partial charge < -0.3 is 0 Å². The first-order chi connectivity index (χ1) is 5.11. The first kappa shape index (κ1) is 8.62. The lowest BCUT2D eigenvalue weighted by Crippen LogP contribution is -1.79. The summed E-state index contributed by atoms with van der Waals surface area (Å²) in [4.78, 5) is 10.4. The molecular weight excluding hydrogens is 194 g/mol. The number of hydrogen-bond donors (Lipinski definition) is 0. The van der Waals surface area contributed by atoms with E-state index in [0.29, 0.717) is 0 Å². The van der Waals surface area contributed by atoms with Crippen LogP contribution in [0, 0.1) is 0 Å². The molecule has 0 saturated carbocycles. The molecule has 0 N–H and O–H groups in total. The number of hydrogen-bond acceptors (Lipinski definition) is 2. The number of rotatable bonds is 2. The maximum absolute atomic E-state index is 11.9. The van der Waals surface area contributed by atoms with E-state index < -0.39 is 11.7 Å². The highest BCUT2D eigenvalue weighted by Gasteiger charge is 2.12. The number of carbonyl (C=O) groups excluding carboxylic acids is 1. The summed E-state index contributed by atoms with van der Waals surface area (Å²) in [6, 6.07) is 2.49. The number of halogens is 3. The zero-order valence-corrected chi connectivity index (χ0v) is 6.75. The fourth-order valence-corrected chi connectivity index (χ4v) is 1.45. The zero-order chi connectivity index (χ0) is 8.43. The second kappa shape index (κ2) is 3.28. The van der Waals surface area contributed by atoms with Crippen LogP contribution in [0.2, 0.25) is 0 Å². The average Bonchev–Trinajstić information content (AvgIpc) is 2.33. The van der Waals surface area contributed by atoms with Gasteiger partial charge >= 0.3 is 0 Å². The molecule has 0 fully saturated rings. The second-order valence-electron chi connectivity index (χ2n) is 1.78. The maximum Gasteiger partial charge on any atom is 0.272 e. The van der Waals surface area contributed by atoms with Crippen LogP contribution in [0.5, 0.6) is 0 Å². The predicted molar refractivity (Wildman–Crippen MR) is 39.5 cm³/mol. The predicted octanol–water partition coefficient (Wildman–Crippen LogP) is 3.06. The van der Waals surface area contributed by atoms with Crippen molar-refractivity contribution in [2.75, 3.05) is 0 Å². The van der Waals surface area contributed by atoms with Gasteiger partial charge in [-0.1, -0.05) is 0 Å². The molecule has 0 aliphatic rings. The Bertz CT molecular complexity index is 271. The van der Waals surface area contributed by atoms with E-state index in [9.17, 15) is 13.6 Å². The molecule has 11 heavy (non-hydrogen) atoms. The van der Waals surface area contributed by atoms with Crippen LogP contribution < -0.4 is 0 Å². The molecule has 0 bridgehead atoms. The van der Waals surface area contributed by atoms with Crippen LogP contribution in [0.3, 0.4) is 0 Å². The number of thiophene rings is 1. The first-order valence-electron chi connectivity index (χ1n) is 2.69. The number of alkyl halides is 2. The molecule has 0 aromatic carbocycles. The van der Waals surface area contributed by atoms with E-state index in [2.05, 4.69) is 0 Å². The Balaban J connectivity index is 2.90. The molecule has 0 saturated heterocycles. The molecule has 60 valence electrons. The molecule has 0 spiro atoms. The van der Waals surface area contributed by atoms with E-state index in [1.807, 2.05) is 0 Å². The van der Waals surface area contributed by atoms with Gasteiger partial charge in [0.15, 0.2) is 0 Å². The fraction of sp³-hybridized carbons (Fsp3) is 0.167. The van der Waals surface area contributed by atoms with Gasteiger partial charge in [-0.2, -0.15) is 0 Å². The van der Waals surface area contributed by atoms with Gasteiger partial charge in [0.2, 0.25) is 0 Å². The highest BCUT2D eigenvalue weighted by Crippen LogP contribution is 2.27. The molecule has 1 rings (SSSR count). The molecule has 0 aliphatic carbocycles. The van der Waals surface area contributed by atoms with E-state index in [0.717, 1.165) is 11.3 Å². The van der Waals surface area contributed by atoms with Gasteiger partial charge in [-0.05, 0) is 23.7 Å². The van der Waals surface area contributed by atoms with Crippen LogP contribution in [0.25, 0.3) is 0 Å². The van der Waals surface area contributed by atoms with E-state index >= 15 is 0 Å². The van der Waals surface area contributed by atoms with Crippen molar-refractivity contribution in [2.45, 2.75) is 6.43 Å². The molecule has 1 heterocycles. The van der Waals surface area contributed by atoms with E-state index in [4.69, 9.17) is 11.6 Å². The topological polar surface area (TPSA) is 17.1 Å². The highest BCUT2D eigenvalue weighted by molar-refractivity contribution is 7.15. The summed E-state index contributed by atoms with van der Waals surface area (Å²) in [7, 11) is 0. The largest absolute Gasteiger partial charge is 0.275 e. The SMILES string of the molecule is O=C(Cl)c1ccc(C(F)F)s1. The maximum atomic E-state index is 11.9. The van der Waals surface area contributed by atoms with Gasteiger partial charge in [0.25, 0.3) is 11.7 Å². The third-order valence-corrected chi connectivity index (χ3v) is 2.44. The summed E-state index contributed by atoms with van der Waals surface area (Å²) in [5.74, 6) is 0. The Labute approximate surface area is 70.6 Å². The Morgan fingerprint density at radius 3 is 2.45 bits per heavy atom. The Morgan fingerprint density at radius 2 is 2.18 bits per heavy atom. The molecule has 0 aliphatic heterocycles. The molecule has 1 aromatic rings. The van der Waals surface area contributed by atoms with Crippen LogP contribution >= 0.6 is 22.9 Å². The number of carbonyl (C=O) groups is 1. The van der Waals surface area contributed by atoms with Gasteiger partial charge in [-0.25, -0.2) is 8.78 Å². The van der Waals surface area contributed by atoms with Crippen molar-refractivity contribution in [3.8, 4) is 0 Å². The van der Waals surface area contributed by atoms with Gasteiger partial charge in [0.05, 0.1) is 9.75 Å². The van der Waals surface area contributed by atoms with E-state index in [1.54, 1.807) is 0 Å². The lowest BCUT2D eigenvalue weighted by molar-refractivity contribution is 0.108. The third kappa shape index (κ3) is 1.97. The summed E-state index contributed by atoms with van der Waals surface area (Å²) in [6.45, 7) is 0. The molecule has 0 atom stereocenters. The van der Waals surface area contributed by atoms with Crippen molar-refractivity contribution >= 4 is 28.2 Å². The van der Waals surface area contributed by atoms with Gasteiger partial charge in [-0.3, -0.25) is 4.79 Å². The fourth-order valence-electron chi connectivity index (χ4n) is 0.576. The lowest BCUT2D eigenvalue weighted by Gasteiger charge is -1.88.